The number of hydrogen-bond acceptors (Lipinski definition) is 2. The number of benzene rings is 2. The second kappa shape index (κ2) is 5.97. The fourth-order valence-electron chi connectivity index (χ4n) is 3.14. The molecule has 1 fully saturated rings. The number of nitrogens with one attached hydrogen (secondary N) is 2. The molecule has 1 saturated heterocycles. The van der Waals surface area contributed by atoms with Gasteiger partial charge < -0.3 is 10.3 Å². The van der Waals surface area contributed by atoms with E-state index in [0.29, 0.717) is 13.0 Å². The van der Waals surface area contributed by atoms with E-state index in [1.54, 1.807) is 0 Å². The van der Waals surface area contributed by atoms with Gasteiger partial charge in [-0.1, -0.05) is 54.6 Å². The van der Waals surface area contributed by atoms with E-state index in [1.807, 2.05) is 36.5 Å². The average molecular weight is 307 g/mol. The van der Waals surface area contributed by atoms with Crippen LogP contribution in [0.2, 0.25) is 0 Å². The first-order valence-corrected chi connectivity index (χ1v) is 7.88. The maximum Gasteiger partial charge on any atom is 0.123 e. The second-order valence-electron chi connectivity index (χ2n) is 5.89. The summed E-state index contributed by atoms with van der Waals surface area (Å²) in [6.45, 7) is 0.404. The van der Waals surface area contributed by atoms with Crippen LogP contribution in [0.25, 0.3) is 22.4 Å². The second-order valence-corrected chi connectivity index (χ2v) is 5.89. The summed E-state index contributed by atoms with van der Waals surface area (Å²) in [5.41, 5.74) is 4.39. The zero-order chi connectivity index (χ0) is 15.6. The number of nitrogens with zero attached hydrogens (tertiary/aromatic N) is 1. The van der Waals surface area contributed by atoms with Gasteiger partial charge in [-0.3, -0.25) is 0 Å². The van der Waals surface area contributed by atoms with Crippen LogP contribution in [0.15, 0.2) is 60.8 Å². The Morgan fingerprint density at radius 2 is 1.70 bits per heavy atom. The monoisotopic (exact) mass is 307 g/mol. The molecule has 2 heterocycles. The highest BCUT2D eigenvalue weighted by Crippen LogP contribution is 2.32. The zero-order valence-corrected chi connectivity index (χ0v) is 12.7. The molecule has 0 radical (unpaired) electrons. The zero-order valence-electron chi connectivity index (χ0n) is 12.7. The molecule has 23 heavy (non-hydrogen) atoms. The third kappa shape index (κ3) is 2.78. The van der Waals surface area contributed by atoms with Crippen molar-refractivity contribution in [3.63, 3.8) is 0 Å². The Hall–Kier alpha value is -2.46. The normalized spacial score (nSPS) is 20.7. The molecule has 0 amide bonds. The van der Waals surface area contributed by atoms with Crippen LogP contribution < -0.4 is 5.32 Å². The molecule has 2 N–H and O–H groups in total. The largest absolute Gasteiger partial charge is 0.341 e. The van der Waals surface area contributed by atoms with Crippen molar-refractivity contribution in [3.05, 3.63) is 66.6 Å². The van der Waals surface area contributed by atoms with Gasteiger partial charge in [-0.2, -0.15) is 0 Å². The molecule has 0 unspecified atom stereocenters. The first kappa shape index (κ1) is 14.2. The van der Waals surface area contributed by atoms with Gasteiger partial charge in [0.2, 0.25) is 0 Å². The smallest absolute Gasteiger partial charge is 0.123 e. The van der Waals surface area contributed by atoms with E-state index in [-0.39, 0.29) is 6.04 Å². The highest BCUT2D eigenvalue weighted by molar-refractivity contribution is 5.81. The Morgan fingerprint density at radius 1 is 0.957 bits per heavy atom. The number of halogens is 1. The molecule has 1 aliphatic rings. The van der Waals surface area contributed by atoms with Crippen LogP contribution in [-0.2, 0) is 0 Å². The van der Waals surface area contributed by atoms with E-state index in [2.05, 4.69) is 39.6 Å². The molecule has 0 saturated carbocycles. The summed E-state index contributed by atoms with van der Waals surface area (Å²) in [4.78, 5) is 7.82. The van der Waals surface area contributed by atoms with E-state index < -0.39 is 6.17 Å². The predicted molar refractivity (Wildman–Crippen MR) is 89.7 cm³/mol. The van der Waals surface area contributed by atoms with E-state index in [9.17, 15) is 4.39 Å². The molecule has 1 aromatic heterocycles. The van der Waals surface area contributed by atoms with E-state index in [0.717, 1.165) is 22.6 Å². The number of aromatic amines is 1. The maximum atomic E-state index is 13.4. The lowest BCUT2D eigenvalue weighted by Gasteiger charge is -2.09. The van der Waals surface area contributed by atoms with Gasteiger partial charge >= 0.3 is 0 Å². The number of aromatic nitrogens is 2. The molecule has 2 atom stereocenters. The number of rotatable bonds is 3. The Kier molecular flexibility index (Phi) is 3.67. The fraction of sp³-hybridized carbons (Fsp3) is 0.211. The van der Waals surface area contributed by atoms with Gasteiger partial charge in [-0.15, -0.1) is 0 Å². The van der Waals surface area contributed by atoms with Gasteiger partial charge in [0.25, 0.3) is 0 Å². The third-order valence-electron chi connectivity index (χ3n) is 4.30. The number of H-pyrrole nitrogens is 1. The van der Waals surface area contributed by atoms with Crippen LogP contribution in [0.3, 0.4) is 0 Å². The molecule has 116 valence electrons. The molecular formula is C19H18FN3. The van der Waals surface area contributed by atoms with Gasteiger partial charge in [0.1, 0.15) is 12.0 Å². The molecule has 0 bridgehead atoms. The Bertz CT molecular complexity index is 797. The summed E-state index contributed by atoms with van der Waals surface area (Å²) in [5, 5.41) is 3.16. The van der Waals surface area contributed by atoms with Crippen molar-refractivity contribution in [2.24, 2.45) is 0 Å². The number of alkyl halides is 1. The Labute approximate surface area is 134 Å². The molecule has 0 spiro atoms. The average Bonchev–Trinajstić information content (AvgIpc) is 3.24. The lowest BCUT2D eigenvalue weighted by Crippen LogP contribution is -2.14. The quantitative estimate of drug-likeness (QED) is 0.764. The van der Waals surface area contributed by atoms with E-state index in [1.165, 1.54) is 5.56 Å². The highest BCUT2D eigenvalue weighted by Gasteiger charge is 2.27. The van der Waals surface area contributed by atoms with Crippen molar-refractivity contribution in [2.75, 3.05) is 6.54 Å². The van der Waals surface area contributed by atoms with Crippen LogP contribution in [0, 0.1) is 0 Å². The predicted octanol–water partition coefficient (Wildman–Crippen LogP) is 4.12. The summed E-state index contributed by atoms with van der Waals surface area (Å²) in [6.07, 6.45) is 1.53. The van der Waals surface area contributed by atoms with E-state index >= 15 is 0 Å². The lowest BCUT2D eigenvalue weighted by atomic mass is 9.98. The minimum absolute atomic E-state index is 0.0253. The van der Waals surface area contributed by atoms with Gasteiger partial charge in [0.15, 0.2) is 0 Å². The van der Waals surface area contributed by atoms with Crippen molar-refractivity contribution in [2.45, 2.75) is 18.6 Å². The minimum Gasteiger partial charge on any atom is -0.341 e. The number of hydrogen-bond donors (Lipinski definition) is 2. The first-order valence-electron chi connectivity index (χ1n) is 7.88. The standard InChI is InChI=1S/C19H18FN3/c20-14-10-17(21-11-14)19-22-12-18(23-19)16-9-5-4-8-15(16)13-6-2-1-3-7-13/h1-9,12,14,17,21H,10-11H2,(H,22,23)/t14-,17-/m0/s1. The highest BCUT2D eigenvalue weighted by atomic mass is 19.1. The van der Waals surface area contributed by atoms with E-state index in [4.69, 9.17) is 0 Å². The minimum atomic E-state index is -0.787. The summed E-state index contributed by atoms with van der Waals surface area (Å²) in [7, 11) is 0. The van der Waals surface area contributed by atoms with Crippen molar-refractivity contribution in [1.82, 2.24) is 15.3 Å². The van der Waals surface area contributed by atoms with Crippen LogP contribution in [0.1, 0.15) is 18.3 Å². The van der Waals surface area contributed by atoms with Gasteiger partial charge in [0.05, 0.1) is 17.9 Å². The number of imidazole rings is 1. The van der Waals surface area contributed by atoms with Gasteiger partial charge in [-0.25, -0.2) is 9.37 Å². The summed E-state index contributed by atoms with van der Waals surface area (Å²) in [5.74, 6) is 0.808. The van der Waals surface area contributed by atoms with Crippen LogP contribution in [0.4, 0.5) is 4.39 Å². The van der Waals surface area contributed by atoms with Crippen molar-refractivity contribution in [1.29, 1.82) is 0 Å². The lowest BCUT2D eigenvalue weighted by molar-refractivity contribution is 0.355. The Morgan fingerprint density at radius 3 is 2.43 bits per heavy atom. The van der Waals surface area contributed by atoms with Gasteiger partial charge in [0, 0.05) is 18.5 Å². The molecule has 3 nitrogen and oxygen atoms in total. The van der Waals surface area contributed by atoms with Gasteiger partial charge in [-0.05, 0) is 11.1 Å². The van der Waals surface area contributed by atoms with Crippen LogP contribution in [-0.4, -0.2) is 22.7 Å². The first-order chi connectivity index (χ1) is 11.3. The van der Waals surface area contributed by atoms with Crippen molar-refractivity contribution >= 4 is 0 Å². The summed E-state index contributed by atoms with van der Waals surface area (Å²) in [6, 6.07) is 18.5. The SMILES string of the molecule is F[C@@H]1CN[C@H](c2ncc(-c3ccccc3-c3ccccc3)[nH]2)C1. The topological polar surface area (TPSA) is 40.7 Å². The maximum absolute atomic E-state index is 13.4. The molecule has 0 aliphatic carbocycles. The fourth-order valence-corrected chi connectivity index (χ4v) is 3.14. The molecule has 3 aromatic rings. The molecule has 4 heteroatoms. The third-order valence-corrected chi connectivity index (χ3v) is 4.30. The summed E-state index contributed by atoms with van der Waals surface area (Å²) < 4.78 is 13.4. The summed E-state index contributed by atoms with van der Waals surface area (Å²) >= 11 is 0. The van der Waals surface area contributed by atoms with Crippen LogP contribution >= 0.6 is 0 Å². The molecule has 2 aromatic carbocycles. The molecule has 1 aliphatic heterocycles. The van der Waals surface area contributed by atoms with Crippen LogP contribution in [0.5, 0.6) is 0 Å². The Balaban J connectivity index is 1.71. The van der Waals surface area contributed by atoms with Crippen molar-refractivity contribution < 1.29 is 4.39 Å². The molecular weight excluding hydrogens is 289 g/mol. The van der Waals surface area contributed by atoms with Crippen molar-refractivity contribution in [3.8, 4) is 22.4 Å². The molecule has 4 rings (SSSR count).